The molecule has 0 saturated carbocycles. The van der Waals surface area contributed by atoms with Crippen LogP contribution in [0.3, 0.4) is 0 Å². The Morgan fingerprint density at radius 1 is 1.07 bits per heavy atom. The van der Waals surface area contributed by atoms with Gasteiger partial charge in [-0.1, -0.05) is 24.3 Å². The molecule has 1 aliphatic rings. The molecule has 1 amide bonds. The van der Waals surface area contributed by atoms with Crippen molar-refractivity contribution < 1.29 is 13.9 Å². The van der Waals surface area contributed by atoms with Crippen LogP contribution in [0.15, 0.2) is 48.5 Å². The lowest BCUT2D eigenvalue weighted by molar-refractivity contribution is -0.126. The van der Waals surface area contributed by atoms with E-state index in [1.54, 1.807) is 0 Å². The predicted octanol–water partition coefficient (Wildman–Crippen LogP) is 3.75. The molecule has 27 heavy (non-hydrogen) atoms. The molecule has 144 valence electrons. The minimum Gasteiger partial charge on any atom is -0.494 e. The number of nitrogens with zero attached hydrogens (tertiary/aromatic N) is 1. The van der Waals surface area contributed by atoms with Crippen LogP contribution in [0.5, 0.6) is 5.75 Å². The predicted molar refractivity (Wildman–Crippen MR) is 104 cm³/mol. The van der Waals surface area contributed by atoms with E-state index in [9.17, 15) is 9.18 Å². The maximum absolute atomic E-state index is 13.0. The molecule has 0 radical (unpaired) electrons. The first-order valence-corrected chi connectivity index (χ1v) is 9.60. The molecule has 5 heteroatoms. The summed E-state index contributed by atoms with van der Waals surface area (Å²) >= 11 is 0. The summed E-state index contributed by atoms with van der Waals surface area (Å²) in [4.78, 5) is 14.8. The van der Waals surface area contributed by atoms with Gasteiger partial charge in [-0.2, -0.15) is 0 Å². The van der Waals surface area contributed by atoms with Crippen molar-refractivity contribution in [1.82, 2.24) is 10.2 Å². The van der Waals surface area contributed by atoms with E-state index in [1.165, 1.54) is 12.1 Å². The smallest absolute Gasteiger partial charge is 0.223 e. The second-order valence-electron chi connectivity index (χ2n) is 6.97. The number of nitrogens with one attached hydrogen (secondary N) is 1. The minimum absolute atomic E-state index is 0.0668. The van der Waals surface area contributed by atoms with Gasteiger partial charge in [0, 0.05) is 19.0 Å². The summed E-state index contributed by atoms with van der Waals surface area (Å²) in [5, 5.41) is 3.05. The van der Waals surface area contributed by atoms with Gasteiger partial charge in [0.25, 0.3) is 0 Å². The summed E-state index contributed by atoms with van der Waals surface area (Å²) in [5.41, 5.74) is 2.18. The highest BCUT2D eigenvalue weighted by atomic mass is 19.1. The number of carbonyl (C=O) groups excluding carboxylic acids is 1. The fourth-order valence-electron chi connectivity index (χ4n) is 3.40. The van der Waals surface area contributed by atoms with Crippen molar-refractivity contribution in [1.29, 1.82) is 0 Å². The van der Waals surface area contributed by atoms with Gasteiger partial charge in [-0.15, -0.1) is 0 Å². The molecule has 4 nitrogen and oxygen atoms in total. The van der Waals surface area contributed by atoms with Gasteiger partial charge in [0.15, 0.2) is 0 Å². The van der Waals surface area contributed by atoms with Crippen LogP contribution in [0.2, 0.25) is 0 Å². The highest BCUT2D eigenvalue weighted by molar-refractivity contribution is 5.78. The third kappa shape index (κ3) is 5.79. The normalized spacial score (nSPS) is 15.5. The van der Waals surface area contributed by atoms with Crippen molar-refractivity contribution in [2.75, 3.05) is 19.7 Å². The number of piperidine rings is 1. The lowest BCUT2D eigenvalue weighted by Crippen LogP contribution is -2.40. The van der Waals surface area contributed by atoms with Crippen molar-refractivity contribution in [3.05, 3.63) is 65.5 Å². The first-order chi connectivity index (χ1) is 13.1. The van der Waals surface area contributed by atoms with Gasteiger partial charge in [0.2, 0.25) is 5.91 Å². The van der Waals surface area contributed by atoms with Crippen LogP contribution in [0.1, 0.15) is 30.9 Å². The maximum atomic E-state index is 13.0. The Kier molecular flexibility index (Phi) is 6.82. The number of carbonyl (C=O) groups is 1. The highest BCUT2D eigenvalue weighted by Gasteiger charge is 2.24. The van der Waals surface area contributed by atoms with Crippen LogP contribution in [0.4, 0.5) is 4.39 Å². The largest absolute Gasteiger partial charge is 0.494 e. The van der Waals surface area contributed by atoms with Crippen LogP contribution in [-0.2, 0) is 17.9 Å². The van der Waals surface area contributed by atoms with Crippen LogP contribution >= 0.6 is 0 Å². The average Bonchev–Trinajstić information content (AvgIpc) is 2.70. The van der Waals surface area contributed by atoms with Gasteiger partial charge in [-0.3, -0.25) is 9.69 Å². The molecule has 1 heterocycles. The molecule has 0 atom stereocenters. The van der Waals surface area contributed by atoms with Gasteiger partial charge in [0.05, 0.1) is 6.61 Å². The fraction of sp³-hybridized carbons (Fsp3) is 0.409. The molecule has 1 saturated heterocycles. The van der Waals surface area contributed by atoms with Crippen LogP contribution < -0.4 is 10.1 Å². The Labute approximate surface area is 160 Å². The van der Waals surface area contributed by atoms with Gasteiger partial charge in [-0.25, -0.2) is 4.39 Å². The molecule has 0 aromatic heterocycles. The average molecular weight is 370 g/mol. The molecule has 2 aromatic carbocycles. The first-order valence-electron chi connectivity index (χ1n) is 9.60. The fourth-order valence-corrected chi connectivity index (χ4v) is 3.40. The van der Waals surface area contributed by atoms with Crippen molar-refractivity contribution in [3.8, 4) is 5.75 Å². The summed E-state index contributed by atoms with van der Waals surface area (Å²) in [6.45, 7) is 5.73. The molecule has 1 N–H and O–H groups in total. The van der Waals surface area contributed by atoms with E-state index in [4.69, 9.17) is 4.74 Å². The van der Waals surface area contributed by atoms with E-state index in [1.807, 2.05) is 43.3 Å². The van der Waals surface area contributed by atoms with E-state index in [-0.39, 0.29) is 17.6 Å². The zero-order valence-electron chi connectivity index (χ0n) is 15.8. The lowest BCUT2D eigenvalue weighted by atomic mass is 9.95. The summed E-state index contributed by atoms with van der Waals surface area (Å²) < 4.78 is 18.4. The standard InChI is InChI=1S/C22H27FN2O2/c1-2-27-21-9-5-17(6-10-21)15-24-22(26)19-11-13-25(14-12-19)16-18-3-7-20(23)8-4-18/h3-10,19H,2,11-16H2,1H3,(H,24,26). The molecular weight excluding hydrogens is 343 g/mol. The second kappa shape index (κ2) is 9.51. The molecule has 3 rings (SSSR count). The number of hydrogen-bond donors (Lipinski definition) is 1. The summed E-state index contributed by atoms with van der Waals surface area (Å²) in [6, 6.07) is 14.5. The van der Waals surface area contributed by atoms with E-state index in [2.05, 4.69) is 10.2 Å². The highest BCUT2D eigenvalue weighted by Crippen LogP contribution is 2.20. The second-order valence-corrected chi connectivity index (χ2v) is 6.97. The molecule has 0 unspecified atom stereocenters. The summed E-state index contributed by atoms with van der Waals surface area (Å²) in [6.07, 6.45) is 1.71. The number of ether oxygens (including phenoxy) is 1. The SMILES string of the molecule is CCOc1ccc(CNC(=O)C2CCN(Cc3ccc(F)cc3)CC2)cc1. The van der Waals surface area contributed by atoms with Gasteiger partial charge in [0.1, 0.15) is 11.6 Å². The number of benzene rings is 2. The zero-order chi connectivity index (χ0) is 19.1. The van der Waals surface area contributed by atoms with Crippen molar-refractivity contribution in [2.45, 2.75) is 32.9 Å². The Morgan fingerprint density at radius 3 is 2.33 bits per heavy atom. The summed E-state index contributed by atoms with van der Waals surface area (Å²) in [5.74, 6) is 0.838. The molecule has 0 spiro atoms. The number of halogens is 1. The van der Waals surface area contributed by atoms with Crippen molar-refractivity contribution in [2.24, 2.45) is 5.92 Å². The van der Waals surface area contributed by atoms with Gasteiger partial charge in [-0.05, 0) is 68.2 Å². The van der Waals surface area contributed by atoms with E-state index in [0.29, 0.717) is 13.2 Å². The molecular formula is C22H27FN2O2. The van der Waals surface area contributed by atoms with Gasteiger partial charge < -0.3 is 10.1 Å². The Bertz CT molecular complexity index is 723. The summed E-state index contributed by atoms with van der Waals surface area (Å²) in [7, 11) is 0. The minimum atomic E-state index is -0.207. The molecule has 0 aliphatic carbocycles. The maximum Gasteiger partial charge on any atom is 0.223 e. The van der Waals surface area contributed by atoms with E-state index < -0.39 is 0 Å². The van der Waals surface area contributed by atoms with Crippen LogP contribution in [0.25, 0.3) is 0 Å². The van der Waals surface area contributed by atoms with Gasteiger partial charge >= 0.3 is 0 Å². The third-order valence-electron chi connectivity index (χ3n) is 4.98. The molecule has 2 aromatic rings. The Hall–Kier alpha value is -2.40. The number of hydrogen-bond acceptors (Lipinski definition) is 3. The topological polar surface area (TPSA) is 41.6 Å². The van der Waals surface area contributed by atoms with E-state index >= 15 is 0 Å². The monoisotopic (exact) mass is 370 g/mol. The van der Waals surface area contributed by atoms with E-state index in [0.717, 1.165) is 49.4 Å². The van der Waals surface area contributed by atoms with Crippen LogP contribution in [0, 0.1) is 11.7 Å². The Morgan fingerprint density at radius 2 is 1.70 bits per heavy atom. The molecule has 0 bridgehead atoms. The zero-order valence-corrected chi connectivity index (χ0v) is 15.8. The van der Waals surface area contributed by atoms with Crippen molar-refractivity contribution in [3.63, 3.8) is 0 Å². The first kappa shape index (κ1) is 19.4. The number of rotatable bonds is 7. The van der Waals surface area contributed by atoms with Crippen LogP contribution in [-0.4, -0.2) is 30.5 Å². The molecule has 1 aliphatic heterocycles. The Balaban J connectivity index is 1.40. The molecule has 1 fully saturated rings. The number of amides is 1. The number of likely N-dealkylation sites (tertiary alicyclic amines) is 1. The third-order valence-corrected chi connectivity index (χ3v) is 4.98. The van der Waals surface area contributed by atoms with Crippen molar-refractivity contribution >= 4 is 5.91 Å². The quantitative estimate of drug-likeness (QED) is 0.807. The lowest BCUT2D eigenvalue weighted by Gasteiger charge is -2.31.